The van der Waals surface area contributed by atoms with Crippen molar-refractivity contribution in [2.24, 2.45) is 0 Å². The van der Waals surface area contributed by atoms with E-state index in [2.05, 4.69) is 37.8 Å². The molecule has 1 aromatic carbocycles. The third-order valence-electron chi connectivity index (χ3n) is 5.22. The molecule has 0 heterocycles. The van der Waals surface area contributed by atoms with Crippen LogP contribution in [0.5, 0.6) is 0 Å². The summed E-state index contributed by atoms with van der Waals surface area (Å²) in [5.41, 5.74) is 1.43. The zero-order valence-corrected chi connectivity index (χ0v) is 14.2. The van der Waals surface area contributed by atoms with Gasteiger partial charge in [-0.1, -0.05) is 50.9 Å². The summed E-state index contributed by atoms with van der Waals surface area (Å²) in [4.78, 5) is 2.43. The molecule has 1 aliphatic rings. The quantitative estimate of drug-likeness (QED) is 0.814. The molecule has 0 amide bonds. The van der Waals surface area contributed by atoms with Crippen molar-refractivity contribution in [3.8, 4) is 0 Å². The van der Waals surface area contributed by atoms with Gasteiger partial charge in [0, 0.05) is 16.5 Å². The van der Waals surface area contributed by atoms with Crippen LogP contribution < -0.4 is 0 Å². The van der Waals surface area contributed by atoms with Crippen molar-refractivity contribution in [1.82, 2.24) is 4.90 Å². The lowest BCUT2D eigenvalue weighted by Gasteiger charge is -2.53. The van der Waals surface area contributed by atoms with E-state index in [-0.39, 0.29) is 17.6 Å². The van der Waals surface area contributed by atoms with Gasteiger partial charge in [0.1, 0.15) is 0 Å². The molecule has 2 nitrogen and oxygen atoms in total. The van der Waals surface area contributed by atoms with Gasteiger partial charge in [-0.3, -0.25) is 4.90 Å². The molecule has 0 aromatic heterocycles. The first kappa shape index (κ1) is 16.8. The van der Waals surface area contributed by atoms with Crippen molar-refractivity contribution < 1.29 is 5.11 Å². The van der Waals surface area contributed by atoms with E-state index in [9.17, 15) is 5.11 Å². The van der Waals surface area contributed by atoms with E-state index in [0.29, 0.717) is 0 Å². The number of halogens is 1. The van der Waals surface area contributed by atoms with Crippen LogP contribution in [0.1, 0.15) is 52.0 Å². The second kappa shape index (κ2) is 7.13. The van der Waals surface area contributed by atoms with Crippen molar-refractivity contribution in [2.45, 2.75) is 64.0 Å². The molecule has 0 bridgehead atoms. The molecule has 21 heavy (non-hydrogen) atoms. The van der Waals surface area contributed by atoms with E-state index in [1.165, 1.54) is 12.0 Å². The smallest absolute Gasteiger partial charge is 0.0701 e. The van der Waals surface area contributed by atoms with Crippen molar-refractivity contribution in [3.05, 3.63) is 34.9 Å². The van der Waals surface area contributed by atoms with Gasteiger partial charge in [0.25, 0.3) is 0 Å². The maximum atomic E-state index is 10.7. The molecule has 0 aliphatic heterocycles. The largest absolute Gasteiger partial charge is 0.391 e. The van der Waals surface area contributed by atoms with E-state index >= 15 is 0 Å². The number of aliphatic hydroxyl groups excluding tert-OH is 1. The van der Waals surface area contributed by atoms with E-state index in [1.807, 2.05) is 12.1 Å². The highest BCUT2D eigenvalue weighted by Crippen LogP contribution is 2.49. The number of rotatable bonds is 7. The van der Waals surface area contributed by atoms with Gasteiger partial charge < -0.3 is 5.11 Å². The Kier molecular flexibility index (Phi) is 5.70. The van der Waals surface area contributed by atoms with Crippen molar-refractivity contribution in [1.29, 1.82) is 0 Å². The summed E-state index contributed by atoms with van der Waals surface area (Å²) in [6.45, 7) is 8.41. The Morgan fingerprint density at radius 1 is 1.14 bits per heavy atom. The van der Waals surface area contributed by atoms with Gasteiger partial charge in [-0.05, 0) is 50.0 Å². The minimum absolute atomic E-state index is 0.0893. The highest BCUT2D eigenvalue weighted by atomic mass is 35.5. The van der Waals surface area contributed by atoms with Gasteiger partial charge in [0.15, 0.2) is 0 Å². The molecule has 0 spiro atoms. The monoisotopic (exact) mass is 309 g/mol. The van der Waals surface area contributed by atoms with Gasteiger partial charge in [-0.15, -0.1) is 0 Å². The minimum atomic E-state index is -0.277. The molecule has 1 N–H and O–H groups in total. The lowest BCUT2D eigenvalue weighted by molar-refractivity contribution is -0.0250. The van der Waals surface area contributed by atoms with E-state index in [1.54, 1.807) is 0 Å². The second-order valence-electron chi connectivity index (χ2n) is 6.16. The summed E-state index contributed by atoms with van der Waals surface area (Å²) in [6.07, 6.45) is 4.09. The van der Waals surface area contributed by atoms with E-state index < -0.39 is 0 Å². The average Bonchev–Trinajstić information content (AvgIpc) is 2.46. The molecule has 1 fully saturated rings. The molecule has 1 aliphatic carbocycles. The Hall–Kier alpha value is -0.570. The highest BCUT2D eigenvalue weighted by molar-refractivity contribution is 6.30. The fourth-order valence-corrected chi connectivity index (χ4v) is 4.02. The lowest BCUT2D eigenvalue weighted by atomic mass is 9.58. The third kappa shape index (κ3) is 3.13. The summed E-state index contributed by atoms with van der Waals surface area (Å²) < 4.78 is 0. The summed E-state index contributed by atoms with van der Waals surface area (Å²) in [6, 6.07) is 8.47. The number of hydrogen-bond acceptors (Lipinski definition) is 2. The predicted molar refractivity (Wildman–Crippen MR) is 90.0 cm³/mol. The first-order chi connectivity index (χ1) is 10.1. The average molecular weight is 310 g/mol. The molecule has 0 saturated heterocycles. The number of aliphatic hydroxyl groups is 1. The summed E-state index contributed by atoms with van der Waals surface area (Å²) in [5, 5.41) is 11.5. The van der Waals surface area contributed by atoms with Crippen molar-refractivity contribution in [3.63, 3.8) is 0 Å². The topological polar surface area (TPSA) is 23.5 Å². The van der Waals surface area contributed by atoms with Crippen LogP contribution in [0.4, 0.5) is 0 Å². The summed E-state index contributed by atoms with van der Waals surface area (Å²) in [5.74, 6) is 0. The molecule has 1 aromatic rings. The molecule has 118 valence electrons. The van der Waals surface area contributed by atoms with Crippen LogP contribution >= 0.6 is 11.6 Å². The van der Waals surface area contributed by atoms with Crippen LogP contribution in [0.25, 0.3) is 0 Å². The van der Waals surface area contributed by atoms with Gasteiger partial charge in [-0.25, -0.2) is 0 Å². The number of nitrogens with zero attached hydrogens (tertiary/aromatic N) is 1. The van der Waals surface area contributed by atoms with E-state index in [4.69, 9.17) is 11.6 Å². The number of likely N-dealkylation sites (N-methyl/N-ethyl adjacent to an activating group) is 1. The minimum Gasteiger partial charge on any atom is -0.391 e. The lowest BCUT2D eigenvalue weighted by Crippen LogP contribution is -2.59. The van der Waals surface area contributed by atoms with Gasteiger partial charge in [0.2, 0.25) is 0 Å². The number of hydrogen-bond donors (Lipinski definition) is 1. The van der Waals surface area contributed by atoms with Crippen molar-refractivity contribution in [2.75, 3.05) is 13.1 Å². The maximum Gasteiger partial charge on any atom is 0.0701 e. The Balaban J connectivity index is 2.40. The molecule has 2 atom stereocenters. The summed E-state index contributed by atoms with van der Waals surface area (Å²) >= 11 is 6.05. The Morgan fingerprint density at radius 3 is 2.10 bits per heavy atom. The van der Waals surface area contributed by atoms with Crippen LogP contribution in [0.2, 0.25) is 5.02 Å². The molecular formula is C18H28ClNO. The Morgan fingerprint density at radius 2 is 1.71 bits per heavy atom. The zero-order chi connectivity index (χ0) is 15.5. The first-order valence-electron chi connectivity index (χ1n) is 8.27. The predicted octanol–water partition coefficient (Wildman–Crippen LogP) is 4.24. The molecule has 0 radical (unpaired) electrons. The number of benzene rings is 1. The van der Waals surface area contributed by atoms with Crippen LogP contribution in [0, 0.1) is 0 Å². The van der Waals surface area contributed by atoms with Crippen LogP contribution in [-0.4, -0.2) is 35.2 Å². The highest BCUT2D eigenvalue weighted by Gasteiger charge is 2.49. The second-order valence-corrected chi connectivity index (χ2v) is 6.59. The fraction of sp³-hybridized carbons (Fsp3) is 0.667. The first-order valence-corrected chi connectivity index (χ1v) is 8.65. The van der Waals surface area contributed by atoms with Crippen molar-refractivity contribution >= 4 is 11.6 Å². The zero-order valence-electron chi connectivity index (χ0n) is 13.5. The Bertz CT molecular complexity index is 437. The van der Waals surface area contributed by atoms with Gasteiger partial charge in [0.05, 0.1) is 6.10 Å². The molecule has 2 unspecified atom stereocenters. The molecule has 3 heteroatoms. The molecule has 1 saturated carbocycles. The van der Waals surface area contributed by atoms with Crippen LogP contribution in [0.3, 0.4) is 0 Å². The standard InChI is InChI=1S/C18H28ClNO/c1-4-16(21)17(20(5-2)6-3)18(12-7-13-18)14-8-10-15(19)11-9-14/h8-11,16-17,21H,4-7,12-13H2,1-3H3. The fourth-order valence-electron chi connectivity index (χ4n) is 3.90. The van der Waals surface area contributed by atoms with Crippen LogP contribution in [0.15, 0.2) is 24.3 Å². The molecular weight excluding hydrogens is 282 g/mol. The van der Waals surface area contributed by atoms with Gasteiger partial charge >= 0.3 is 0 Å². The van der Waals surface area contributed by atoms with Gasteiger partial charge in [-0.2, -0.15) is 0 Å². The molecule has 2 rings (SSSR count). The normalized spacial score (nSPS) is 20.1. The van der Waals surface area contributed by atoms with Crippen LogP contribution in [-0.2, 0) is 5.41 Å². The third-order valence-corrected chi connectivity index (χ3v) is 5.47. The van der Waals surface area contributed by atoms with E-state index in [0.717, 1.165) is 37.4 Å². The SMILES string of the molecule is CCC(O)C(N(CC)CC)C1(c2ccc(Cl)cc2)CCC1. The Labute approximate surface area is 134 Å². The maximum absolute atomic E-state index is 10.7. The summed E-state index contributed by atoms with van der Waals surface area (Å²) in [7, 11) is 0.